The van der Waals surface area contributed by atoms with E-state index in [2.05, 4.69) is 0 Å². The van der Waals surface area contributed by atoms with Crippen LogP contribution >= 0.6 is 11.8 Å². The molecule has 0 saturated carbocycles. The molecule has 0 spiro atoms. The van der Waals surface area contributed by atoms with Crippen LogP contribution in [0.1, 0.15) is 40.4 Å². The van der Waals surface area contributed by atoms with Crippen LogP contribution in [0.3, 0.4) is 0 Å². The van der Waals surface area contributed by atoms with Crippen molar-refractivity contribution in [2.75, 3.05) is 6.26 Å². The van der Waals surface area contributed by atoms with Gasteiger partial charge in [0, 0.05) is 5.56 Å². The summed E-state index contributed by atoms with van der Waals surface area (Å²) in [5.41, 5.74) is 2.68. The molecule has 80 valence electrons. The van der Waals surface area contributed by atoms with Crippen LogP contribution in [0.4, 0.5) is 0 Å². The summed E-state index contributed by atoms with van der Waals surface area (Å²) in [6.07, 6.45) is 4.07. The molecule has 0 radical (unpaired) electrons. The third-order valence-corrected chi connectivity index (χ3v) is 3.45. The van der Waals surface area contributed by atoms with Crippen LogP contribution in [0.5, 0.6) is 0 Å². The van der Waals surface area contributed by atoms with E-state index in [0.717, 1.165) is 30.4 Å². The molecule has 0 amide bonds. The number of aliphatic hydroxyl groups is 1. The molecule has 1 N–H and O–H groups in total. The van der Waals surface area contributed by atoms with Crippen LogP contribution in [0.15, 0.2) is 18.2 Å². The standard InChI is InChI=1S/C12H14O2S/c1-15-12(14)9-6-2-4-8-5-3-7-10(13)11(8)9/h2,4,6,10,13H,3,5,7H2,1H3. The van der Waals surface area contributed by atoms with Crippen molar-refractivity contribution in [3.63, 3.8) is 0 Å². The van der Waals surface area contributed by atoms with Crippen molar-refractivity contribution >= 4 is 16.9 Å². The molecule has 1 atom stereocenters. The lowest BCUT2D eigenvalue weighted by Gasteiger charge is -2.23. The zero-order valence-corrected chi connectivity index (χ0v) is 9.51. The fourth-order valence-electron chi connectivity index (χ4n) is 2.14. The van der Waals surface area contributed by atoms with E-state index < -0.39 is 6.10 Å². The summed E-state index contributed by atoms with van der Waals surface area (Å²) in [5.74, 6) is 0. The first kappa shape index (κ1) is 10.7. The van der Waals surface area contributed by atoms with Crippen LogP contribution in [-0.4, -0.2) is 16.5 Å². The molecule has 0 aliphatic heterocycles. The number of hydrogen-bond acceptors (Lipinski definition) is 3. The second-order valence-electron chi connectivity index (χ2n) is 3.78. The Hall–Kier alpha value is -0.800. The molecule has 0 aromatic heterocycles. The molecule has 1 aromatic carbocycles. The van der Waals surface area contributed by atoms with Gasteiger partial charge in [-0.2, -0.15) is 0 Å². The summed E-state index contributed by atoms with van der Waals surface area (Å²) in [5, 5.41) is 9.97. The third-order valence-electron chi connectivity index (χ3n) is 2.86. The molecule has 0 saturated heterocycles. The van der Waals surface area contributed by atoms with Gasteiger partial charge in [0.05, 0.1) is 6.10 Å². The second-order valence-corrected chi connectivity index (χ2v) is 4.56. The predicted octanol–water partition coefficient (Wildman–Crippen LogP) is 2.56. The molecule has 2 nitrogen and oxygen atoms in total. The summed E-state index contributed by atoms with van der Waals surface area (Å²) >= 11 is 1.20. The van der Waals surface area contributed by atoms with Crippen LogP contribution < -0.4 is 0 Å². The van der Waals surface area contributed by atoms with Crippen LogP contribution in [0.2, 0.25) is 0 Å². The zero-order valence-electron chi connectivity index (χ0n) is 8.69. The number of benzene rings is 1. The molecule has 0 heterocycles. The maximum atomic E-state index is 11.7. The summed E-state index contributed by atoms with van der Waals surface area (Å²) in [7, 11) is 0. The Labute approximate surface area is 93.7 Å². The lowest BCUT2D eigenvalue weighted by Crippen LogP contribution is -2.13. The number of rotatable bonds is 1. The van der Waals surface area contributed by atoms with E-state index in [0.29, 0.717) is 5.56 Å². The molecule has 15 heavy (non-hydrogen) atoms. The van der Waals surface area contributed by atoms with E-state index >= 15 is 0 Å². The van der Waals surface area contributed by atoms with E-state index in [1.807, 2.05) is 18.2 Å². The van der Waals surface area contributed by atoms with Crippen molar-refractivity contribution < 1.29 is 9.90 Å². The van der Waals surface area contributed by atoms with Gasteiger partial charge in [-0.25, -0.2) is 0 Å². The van der Waals surface area contributed by atoms with Gasteiger partial charge in [-0.15, -0.1) is 0 Å². The lowest BCUT2D eigenvalue weighted by molar-refractivity contribution is 0.107. The highest BCUT2D eigenvalue weighted by Gasteiger charge is 2.23. The molecule has 1 unspecified atom stereocenters. The average molecular weight is 222 g/mol. The van der Waals surface area contributed by atoms with E-state index in [9.17, 15) is 9.90 Å². The highest BCUT2D eigenvalue weighted by atomic mass is 32.2. The van der Waals surface area contributed by atoms with Crippen molar-refractivity contribution in [1.29, 1.82) is 0 Å². The molecule has 3 heteroatoms. The number of carbonyl (C=O) groups is 1. The highest BCUT2D eigenvalue weighted by Crippen LogP contribution is 2.33. The maximum absolute atomic E-state index is 11.7. The minimum absolute atomic E-state index is 0.0489. The van der Waals surface area contributed by atoms with E-state index in [-0.39, 0.29) is 5.12 Å². The Kier molecular flexibility index (Phi) is 3.12. The number of hydrogen-bond donors (Lipinski definition) is 1. The van der Waals surface area contributed by atoms with Gasteiger partial charge in [0.1, 0.15) is 0 Å². The topological polar surface area (TPSA) is 37.3 Å². The minimum Gasteiger partial charge on any atom is -0.388 e. The number of carbonyl (C=O) groups excluding carboxylic acids is 1. The zero-order chi connectivity index (χ0) is 10.8. The molecular weight excluding hydrogens is 208 g/mol. The molecule has 0 bridgehead atoms. The molecule has 2 rings (SSSR count). The van der Waals surface area contributed by atoms with Gasteiger partial charge in [-0.3, -0.25) is 4.79 Å². The van der Waals surface area contributed by atoms with Gasteiger partial charge in [-0.1, -0.05) is 30.0 Å². The molecule has 1 aliphatic rings. The number of fused-ring (bicyclic) bond motifs is 1. The Bertz CT molecular complexity index is 387. The van der Waals surface area contributed by atoms with Crippen molar-refractivity contribution in [1.82, 2.24) is 0 Å². The maximum Gasteiger partial charge on any atom is 0.219 e. The van der Waals surface area contributed by atoms with Gasteiger partial charge in [0.15, 0.2) is 0 Å². The van der Waals surface area contributed by atoms with Gasteiger partial charge >= 0.3 is 0 Å². The van der Waals surface area contributed by atoms with Crippen LogP contribution in [-0.2, 0) is 6.42 Å². The highest BCUT2D eigenvalue weighted by molar-refractivity contribution is 8.13. The normalized spacial score (nSPS) is 19.7. The third kappa shape index (κ3) is 1.94. The minimum atomic E-state index is -0.457. The van der Waals surface area contributed by atoms with Gasteiger partial charge in [-0.05, 0) is 36.6 Å². The number of aryl methyl sites for hydroxylation is 1. The first-order valence-electron chi connectivity index (χ1n) is 5.12. The average Bonchev–Trinajstić information content (AvgIpc) is 2.28. The van der Waals surface area contributed by atoms with Crippen LogP contribution in [0.25, 0.3) is 0 Å². The predicted molar refractivity (Wildman–Crippen MR) is 62.2 cm³/mol. The van der Waals surface area contributed by atoms with Gasteiger partial charge in [0.25, 0.3) is 0 Å². The fraction of sp³-hybridized carbons (Fsp3) is 0.417. The quantitative estimate of drug-likeness (QED) is 0.793. The summed E-state index contributed by atoms with van der Waals surface area (Å²) in [6, 6.07) is 5.72. The lowest BCUT2D eigenvalue weighted by atomic mass is 9.86. The van der Waals surface area contributed by atoms with Gasteiger partial charge in [0.2, 0.25) is 5.12 Å². The molecule has 1 aliphatic carbocycles. The fourth-order valence-corrected chi connectivity index (χ4v) is 2.54. The van der Waals surface area contributed by atoms with Crippen molar-refractivity contribution in [3.05, 3.63) is 34.9 Å². The van der Waals surface area contributed by atoms with E-state index in [4.69, 9.17) is 0 Å². The van der Waals surface area contributed by atoms with Crippen molar-refractivity contribution in [2.24, 2.45) is 0 Å². The first-order chi connectivity index (χ1) is 7.24. The van der Waals surface area contributed by atoms with Crippen molar-refractivity contribution in [2.45, 2.75) is 25.4 Å². The largest absolute Gasteiger partial charge is 0.388 e. The van der Waals surface area contributed by atoms with E-state index in [1.54, 1.807) is 6.26 Å². The number of thioether (sulfide) groups is 1. The van der Waals surface area contributed by atoms with Crippen molar-refractivity contribution in [3.8, 4) is 0 Å². The van der Waals surface area contributed by atoms with Gasteiger partial charge < -0.3 is 5.11 Å². The Morgan fingerprint density at radius 2 is 2.33 bits per heavy atom. The summed E-state index contributed by atoms with van der Waals surface area (Å²) in [4.78, 5) is 11.7. The number of aliphatic hydroxyl groups excluding tert-OH is 1. The SMILES string of the molecule is CSC(=O)c1cccc2c1C(O)CCC2. The summed E-state index contributed by atoms with van der Waals surface area (Å²) in [6.45, 7) is 0. The summed E-state index contributed by atoms with van der Waals surface area (Å²) < 4.78 is 0. The van der Waals surface area contributed by atoms with E-state index in [1.165, 1.54) is 11.8 Å². The smallest absolute Gasteiger partial charge is 0.219 e. The Balaban J connectivity index is 2.51. The molecular formula is C12H14O2S. The Morgan fingerprint density at radius 1 is 1.53 bits per heavy atom. The monoisotopic (exact) mass is 222 g/mol. The molecule has 1 aromatic rings. The first-order valence-corrected chi connectivity index (χ1v) is 6.34. The second kappa shape index (κ2) is 4.37. The Morgan fingerprint density at radius 3 is 3.07 bits per heavy atom. The molecule has 0 fully saturated rings. The van der Waals surface area contributed by atoms with Crippen LogP contribution in [0, 0.1) is 0 Å².